The average Bonchev–Trinajstić information content (AvgIpc) is 2.81. The summed E-state index contributed by atoms with van der Waals surface area (Å²) in [5.41, 5.74) is -0.000837. The first-order valence-electron chi connectivity index (χ1n) is 8.40. The number of hydrogen-bond acceptors (Lipinski definition) is 5. The van der Waals surface area contributed by atoms with Crippen LogP contribution in [0.25, 0.3) is 0 Å². The molecular formula is C18H25N3O5. The smallest absolute Gasteiger partial charge is 0.325 e. The van der Waals surface area contributed by atoms with E-state index in [-0.39, 0.29) is 24.8 Å². The van der Waals surface area contributed by atoms with Crippen LogP contribution in [0.4, 0.5) is 4.79 Å². The topological polar surface area (TPSA) is 97.0 Å². The Balaban J connectivity index is 1.78. The molecule has 1 aliphatic rings. The highest BCUT2D eigenvalue weighted by molar-refractivity contribution is 6.06. The maximum atomic E-state index is 12.1. The summed E-state index contributed by atoms with van der Waals surface area (Å²) in [4.78, 5) is 37.0. The third-order valence-electron chi connectivity index (χ3n) is 4.17. The first-order valence-corrected chi connectivity index (χ1v) is 8.40. The van der Waals surface area contributed by atoms with Crippen LogP contribution in [0.3, 0.4) is 0 Å². The first kappa shape index (κ1) is 19.6. The Morgan fingerprint density at radius 2 is 1.88 bits per heavy atom. The van der Waals surface area contributed by atoms with E-state index in [0.717, 1.165) is 10.5 Å². The number of carbonyl (C=O) groups excluding carboxylic acids is 3. The number of amides is 4. The van der Waals surface area contributed by atoms with Gasteiger partial charge in [0, 0.05) is 19.5 Å². The maximum absolute atomic E-state index is 12.1. The molecule has 0 aromatic heterocycles. The Morgan fingerprint density at radius 3 is 2.46 bits per heavy atom. The molecule has 2 N–H and O–H groups in total. The number of carbonyl (C=O) groups is 3. The van der Waals surface area contributed by atoms with E-state index < -0.39 is 11.6 Å². The third kappa shape index (κ3) is 4.44. The van der Waals surface area contributed by atoms with Crippen molar-refractivity contribution in [1.82, 2.24) is 15.5 Å². The zero-order valence-electron chi connectivity index (χ0n) is 15.5. The number of methoxy groups -OCH3 is 2. The minimum absolute atomic E-state index is 0.147. The molecule has 142 valence electrons. The van der Waals surface area contributed by atoms with Gasteiger partial charge in [-0.25, -0.2) is 4.79 Å². The maximum Gasteiger partial charge on any atom is 0.325 e. The summed E-state index contributed by atoms with van der Waals surface area (Å²) in [7, 11) is 3.11. The van der Waals surface area contributed by atoms with E-state index in [2.05, 4.69) is 10.6 Å². The molecule has 1 heterocycles. The van der Waals surface area contributed by atoms with Gasteiger partial charge in [0.25, 0.3) is 5.91 Å². The van der Waals surface area contributed by atoms with Crippen LogP contribution < -0.4 is 20.1 Å². The van der Waals surface area contributed by atoms with Gasteiger partial charge in [0.05, 0.1) is 14.2 Å². The quantitative estimate of drug-likeness (QED) is 0.681. The predicted molar refractivity (Wildman–Crippen MR) is 95.0 cm³/mol. The minimum Gasteiger partial charge on any atom is -0.493 e. The van der Waals surface area contributed by atoms with E-state index in [1.54, 1.807) is 40.2 Å². The third-order valence-corrected chi connectivity index (χ3v) is 4.17. The van der Waals surface area contributed by atoms with Gasteiger partial charge in [-0.1, -0.05) is 6.07 Å². The van der Waals surface area contributed by atoms with Crippen molar-refractivity contribution in [2.45, 2.75) is 38.8 Å². The van der Waals surface area contributed by atoms with Crippen LogP contribution in [0.1, 0.15) is 32.3 Å². The fraction of sp³-hybridized carbons (Fsp3) is 0.500. The van der Waals surface area contributed by atoms with E-state index in [1.807, 2.05) is 6.07 Å². The molecule has 0 unspecified atom stereocenters. The second-order valence-electron chi connectivity index (χ2n) is 6.58. The lowest BCUT2D eigenvalue weighted by molar-refractivity contribution is -0.130. The lowest BCUT2D eigenvalue weighted by Gasteiger charge is -2.15. The van der Waals surface area contributed by atoms with E-state index in [1.165, 1.54) is 0 Å². The predicted octanol–water partition coefficient (Wildman–Crippen LogP) is 1.43. The lowest BCUT2D eigenvalue weighted by Crippen LogP contribution is -2.40. The zero-order valence-corrected chi connectivity index (χ0v) is 15.5. The molecule has 0 radical (unpaired) electrons. The molecule has 0 spiro atoms. The van der Waals surface area contributed by atoms with Crippen LogP contribution in [0.2, 0.25) is 0 Å². The summed E-state index contributed by atoms with van der Waals surface area (Å²) in [5, 5.41) is 5.43. The van der Waals surface area contributed by atoms with Crippen LogP contribution in [-0.4, -0.2) is 49.0 Å². The number of nitrogens with one attached hydrogen (secondary N) is 2. The van der Waals surface area contributed by atoms with Gasteiger partial charge in [-0.2, -0.15) is 0 Å². The van der Waals surface area contributed by atoms with Crippen molar-refractivity contribution in [3.05, 3.63) is 23.8 Å². The molecule has 1 fully saturated rings. The number of ether oxygens (including phenoxy) is 2. The summed E-state index contributed by atoms with van der Waals surface area (Å²) in [5.74, 6) is 0.804. The zero-order chi connectivity index (χ0) is 19.3. The number of benzene rings is 1. The number of hydrogen-bond donors (Lipinski definition) is 2. The van der Waals surface area contributed by atoms with Gasteiger partial charge >= 0.3 is 6.03 Å². The van der Waals surface area contributed by atoms with E-state index in [0.29, 0.717) is 24.5 Å². The molecule has 0 saturated carbocycles. The summed E-state index contributed by atoms with van der Waals surface area (Å²) in [6.45, 7) is 3.89. The molecule has 1 aliphatic heterocycles. The van der Waals surface area contributed by atoms with Crippen LogP contribution in [-0.2, 0) is 16.1 Å². The molecular weight excluding hydrogens is 338 g/mol. The SMILES string of the molecule is COc1ccc(CNC(=O)CCCN2C(=O)NC(C)(C)C2=O)cc1OC. The van der Waals surface area contributed by atoms with Gasteiger partial charge in [0.15, 0.2) is 11.5 Å². The van der Waals surface area contributed by atoms with Crippen molar-refractivity contribution < 1.29 is 23.9 Å². The monoisotopic (exact) mass is 363 g/mol. The van der Waals surface area contributed by atoms with Crippen LogP contribution in [0.15, 0.2) is 18.2 Å². The van der Waals surface area contributed by atoms with E-state index >= 15 is 0 Å². The van der Waals surface area contributed by atoms with Gasteiger partial charge in [-0.05, 0) is 38.0 Å². The minimum atomic E-state index is -0.882. The van der Waals surface area contributed by atoms with Gasteiger partial charge in [0.1, 0.15) is 5.54 Å². The molecule has 8 heteroatoms. The second kappa shape index (κ2) is 8.07. The average molecular weight is 363 g/mol. The molecule has 4 amide bonds. The number of rotatable bonds is 8. The van der Waals surface area contributed by atoms with Crippen LogP contribution in [0, 0.1) is 0 Å². The normalized spacial score (nSPS) is 15.6. The first-order chi connectivity index (χ1) is 12.3. The number of nitrogens with zero attached hydrogens (tertiary/aromatic N) is 1. The highest BCUT2D eigenvalue weighted by Crippen LogP contribution is 2.27. The Kier molecular flexibility index (Phi) is 6.07. The fourth-order valence-electron chi connectivity index (χ4n) is 2.70. The van der Waals surface area contributed by atoms with Crippen molar-refractivity contribution in [3.8, 4) is 11.5 Å². The Morgan fingerprint density at radius 1 is 1.19 bits per heavy atom. The standard InChI is InChI=1S/C18H25N3O5/c1-18(2)16(23)21(17(24)20-18)9-5-6-15(22)19-11-12-7-8-13(25-3)14(10-12)26-4/h7-8,10H,5-6,9,11H2,1-4H3,(H,19,22)(H,20,24). The largest absolute Gasteiger partial charge is 0.493 e. The Labute approximate surface area is 152 Å². The number of urea groups is 1. The summed E-state index contributed by atoms with van der Waals surface area (Å²) >= 11 is 0. The summed E-state index contributed by atoms with van der Waals surface area (Å²) < 4.78 is 10.4. The highest BCUT2D eigenvalue weighted by atomic mass is 16.5. The van der Waals surface area contributed by atoms with Crippen molar-refractivity contribution >= 4 is 17.8 Å². The molecule has 2 rings (SSSR count). The van der Waals surface area contributed by atoms with E-state index in [9.17, 15) is 14.4 Å². The number of imide groups is 1. The van der Waals surface area contributed by atoms with Crippen molar-refractivity contribution in [2.24, 2.45) is 0 Å². The van der Waals surface area contributed by atoms with Crippen molar-refractivity contribution in [3.63, 3.8) is 0 Å². The Bertz CT molecular complexity index is 702. The van der Waals surface area contributed by atoms with Gasteiger partial charge in [-0.15, -0.1) is 0 Å². The van der Waals surface area contributed by atoms with Gasteiger partial charge in [-0.3, -0.25) is 14.5 Å². The Hall–Kier alpha value is -2.77. The molecule has 0 aliphatic carbocycles. The molecule has 8 nitrogen and oxygen atoms in total. The molecule has 1 aromatic carbocycles. The van der Waals surface area contributed by atoms with Crippen molar-refractivity contribution in [1.29, 1.82) is 0 Å². The fourth-order valence-corrected chi connectivity index (χ4v) is 2.70. The van der Waals surface area contributed by atoms with Gasteiger partial charge < -0.3 is 20.1 Å². The second-order valence-corrected chi connectivity index (χ2v) is 6.58. The highest BCUT2D eigenvalue weighted by Gasteiger charge is 2.43. The molecule has 0 bridgehead atoms. The lowest BCUT2D eigenvalue weighted by atomic mass is 10.1. The molecule has 26 heavy (non-hydrogen) atoms. The molecule has 0 atom stereocenters. The summed E-state index contributed by atoms with van der Waals surface area (Å²) in [6, 6.07) is 5.01. The van der Waals surface area contributed by atoms with Crippen LogP contribution >= 0.6 is 0 Å². The van der Waals surface area contributed by atoms with E-state index in [4.69, 9.17) is 9.47 Å². The summed E-state index contributed by atoms with van der Waals surface area (Å²) in [6.07, 6.45) is 0.637. The van der Waals surface area contributed by atoms with Gasteiger partial charge in [0.2, 0.25) is 5.91 Å². The molecule has 1 aromatic rings. The van der Waals surface area contributed by atoms with Crippen LogP contribution in [0.5, 0.6) is 11.5 Å². The molecule has 1 saturated heterocycles. The van der Waals surface area contributed by atoms with Crippen molar-refractivity contribution in [2.75, 3.05) is 20.8 Å².